The molecular formula is C23H27NO5. The Labute approximate surface area is 170 Å². The molecule has 5 rings (SSSR count). The predicted octanol–water partition coefficient (Wildman–Crippen LogP) is 3.18. The van der Waals surface area contributed by atoms with E-state index in [0.29, 0.717) is 12.3 Å². The van der Waals surface area contributed by atoms with Gasteiger partial charge >= 0.3 is 5.97 Å². The highest BCUT2D eigenvalue weighted by Gasteiger charge is 2.74. The minimum absolute atomic E-state index is 0.162. The number of fused-ring (bicyclic) bond motifs is 3. The monoisotopic (exact) mass is 397 g/mol. The highest BCUT2D eigenvalue weighted by atomic mass is 16.7. The van der Waals surface area contributed by atoms with Crippen molar-refractivity contribution in [2.24, 2.45) is 16.7 Å². The zero-order valence-corrected chi connectivity index (χ0v) is 17.2. The summed E-state index contributed by atoms with van der Waals surface area (Å²) >= 11 is 0. The van der Waals surface area contributed by atoms with Crippen LogP contribution in [0.4, 0.5) is 0 Å². The number of methoxy groups -OCH3 is 1. The summed E-state index contributed by atoms with van der Waals surface area (Å²) in [6, 6.07) is 5.95. The van der Waals surface area contributed by atoms with Crippen LogP contribution >= 0.6 is 0 Å². The van der Waals surface area contributed by atoms with Crippen molar-refractivity contribution < 1.29 is 24.0 Å². The molecule has 0 unspecified atom stereocenters. The van der Waals surface area contributed by atoms with Gasteiger partial charge in [-0.3, -0.25) is 14.4 Å². The average Bonchev–Trinajstić information content (AvgIpc) is 3.08. The van der Waals surface area contributed by atoms with Gasteiger partial charge in [0.2, 0.25) is 0 Å². The largest absolute Gasteiger partial charge is 0.497 e. The molecule has 1 spiro atoms. The van der Waals surface area contributed by atoms with Crippen molar-refractivity contribution in [3.63, 3.8) is 0 Å². The molecule has 0 N–H and O–H groups in total. The second kappa shape index (κ2) is 6.07. The van der Waals surface area contributed by atoms with Crippen molar-refractivity contribution in [2.75, 3.05) is 7.11 Å². The first-order chi connectivity index (χ1) is 13.8. The first kappa shape index (κ1) is 18.6. The van der Waals surface area contributed by atoms with Gasteiger partial charge in [0.15, 0.2) is 0 Å². The molecule has 1 amide bonds. The lowest BCUT2D eigenvalue weighted by Gasteiger charge is -2.56. The Morgan fingerprint density at radius 2 is 2.03 bits per heavy atom. The number of hydrogen-bond acceptors (Lipinski definition) is 5. The molecule has 4 aliphatic rings. The maximum atomic E-state index is 13.2. The Morgan fingerprint density at radius 1 is 1.24 bits per heavy atom. The Bertz CT molecular complexity index is 926. The van der Waals surface area contributed by atoms with E-state index in [-0.39, 0.29) is 30.1 Å². The number of carbonyl (C=O) groups is 3. The van der Waals surface area contributed by atoms with E-state index in [1.54, 1.807) is 7.11 Å². The number of rotatable bonds is 2. The van der Waals surface area contributed by atoms with E-state index in [9.17, 15) is 14.4 Å². The van der Waals surface area contributed by atoms with Crippen molar-refractivity contribution in [3.05, 3.63) is 29.3 Å². The van der Waals surface area contributed by atoms with Crippen LogP contribution in [-0.4, -0.2) is 35.9 Å². The molecule has 0 aromatic heterocycles. The van der Waals surface area contributed by atoms with Gasteiger partial charge in [0.1, 0.15) is 11.5 Å². The fraction of sp³-hybridized carbons (Fsp3) is 0.609. The summed E-state index contributed by atoms with van der Waals surface area (Å²) in [6.45, 7) is 3.36. The Kier molecular flexibility index (Phi) is 3.90. The fourth-order valence-corrected chi connectivity index (χ4v) is 7.16. The molecule has 29 heavy (non-hydrogen) atoms. The number of hydrogen-bond donors (Lipinski definition) is 0. The molecule has 1 aliphatic heterocycles. The summed E-state index contributed by atoms with van der Waals surface area (Å²) in [5, 5.41) is 1.25. The van der Waals surface area contributed by atoms with E-state index in [0.717, 1.165) is 31.4 Å². The molecule has 1 aromatic rings. The van der Waals surface area contributed by atoms with E-state index >= 15 is 0 Å². The van der Waals surface area contributed by atoms with Crippen LogP contribution in [-0.2, 0) is 25.6 Å². The van der Waals surface area contributed by atoms with Crippen LogP contribution in [0, 0.1) is 16.7 Å². The third-order valence-electron chi connectivity index (χ3n) is 8.39. The maximum absolute atomic E-state index is 13.2. The van der Waals surface area contributed by atoms with Gasteiger partial charge in [-0.15, -0.1) is 0 Å². The topological polar surface area (TPSA) is 72.9 Å². The van der Waals surface area contributed by atoms with Gasteiger partial charge in [0, 0.05) is 30.6 Å². The number of carbonyl (C=O) groups excluding carboxylic acids is 3. The van der Waals surface area contributed by atoms with Crippen molar-refractivity contribution >= 4 is 17.7 Å². The molecule has 0 radical (unpaired) electrons. The second-order valence-electron chi connectivity index (χ2n) is 9.35. The highest BCUT2D eigenvalue weighted by molar-refractivity contribution is 5.94. The smallest absolute Gasteiger partial charge is 0.329 e. The normalized spacial score (nSPS) is 37.5. The quantitative estimate of drug-likeness (QED) is 0.766. The molecule has 1 saturated heterocycles. The summed E-state index contributed by atoms with van der Waals surface area (Å²) in [5.41, 5.74) is 1.65. The van der Waals surface area contributed by atoms with E-state index < -0.39 is 16.8 Å². The summed E-state index contributed by atoms with van der Waals surface area (Å²) < 4.78 is 5.40. The number of amides is 1. The van der Waals surface area contributed by atoms with Crippen molar-refractivity contribution in [1.29, 1.82) is 0 Å². The van der Waals surface area contributed by atoms with E-state index in [2.05, 4.69) is 19.1 Å². The molecular weight excluding hydrogens is 370 g/mol. The Morgan fingerprint density at radius 3 is 2.76 bits per heavy atom. The van der Waals surface area contributed by atoms with Crippen LogP contribution in [0.5, 0.6) is 5.75 Å². The highest BCUT2D eigenvalue weighted by Crippen LogP contribution is 2.71. The van der Waals surface area contributed by atoms with E-state index in [1.807, 2.05) is 6.07 Å². The van der Waals surface area contributed by atoms with Crippen molar-refractivity contribution in [1.82, 2.24) is 5.06 Å². The second-order valence-corrected chi connectivity index (χ2v) is 9.35. The minimum Gasteiger partial charge on any atom is -0.497 e. The van der Waals surface area contributed by atoms with Crippen molar-refractivity contribution in [3.8, 4) is 5.75 Å². The van der Waals surface area contributed by atoms with Gasteiger partial charge in [-0.05, 0) is 60.8 Å². The zero-order chi connectivity index (χ0) is 20.6. The van der Waals surface area contributed by atoms with Gasteiger partial charge in [-0.2, -0.15) is 5.06 Å². The number of aryl methyl sites for hydroxylation is 1. The zero-order valence-electron chi connectivity index (χ0n) is 17.2. The van der Waals surface area contributed by atoms with Crippen molar-refractivity contribution in [2.45, 2.75) is 64.3 Å². The van der Waals surface area contributed by atoms with Crippen LogP contribution in [0.2, 0.25) is 0 Å². The molecule has 1 heterocycles. The van der Waals surface area contributed by atoms with Crippen LogP contribution in [0.3, 0.4) is 0 Å². The Balaban J connectivity index is 1.61. The molecule has 1 aromatic carbocycles. The van der Waals surface area contributed by atoms with Crippen LogP contribution in [0.15, 0.2) is 18.2 Å². The molecule has 5 atom stereocenters. The van der Waals surface area contributed by atoms with Gasteiger partial charge in [-0.25, -0.2) is 0 Å². The Hall–Kier alpha value is -2.37. The van der Waals surface area contributed by atoms with Gasteiger partial charge < -0.3 is 9.57 Å². The summed E-state index contributed by atoms with van der Waals surface area (Å²) in [7, 11) is 1.68. The van der Waals surface area contributed by atoms with Gasteiger partial charge in [0.05, 0.1) is 13.2 Å². The van der Waals surface area contributed by atoms with Crippen LogP contribution in [0.25, 0.3) is 0 Å². The molecule has 6 nitrogen and oxygen atoms in total. The lowest BCUT2D eigenvalue weighted by molar-refractivity contribution is -0.204. The number of nitrogens with zero attached hydrogens (tertiary/aromatic N) is 1. The number of benzene rings is 1. The molecule has 154 valence electrons. The van der Waals surface area contributed by atoms with Gasteiger partial charge in [0.25, 0.3) is 5.91 Å². The fourth-order valence-electron chi connectivity index (χ4n) is 7.16. The SMILES string of the molecule is COc1ccc2c(c1)CC[C@@H]1[C@@H]2CC[C@]2(C)C(=O)C[C@H]3N(OC(C)=O)C(=O)C[C@]132. The first-order valence-corrected chi connectivity index (χ1v) is 10.5. The molecule has 3 aliphatic carbocycles. The number of Topliss-reactive ketones (excluding diaryl/α,β-unsaturated/α-hetero) is 1. The lowest BCUT2D eigenvalue weighted by Crippen LogP contribution is -2.55. The maximum Gasteiger partial charge on any atom is 0.329 e. The molecule has 6 heteroatoms. The molecule has 3 fully saturated rings. The number of ketones is 1. The van der Waals surface area contributed by atoms with Crippen LogP contribution in [0.1, 0.15) is 63.0 Å². The first-order valence-electron chi connectivity index (χ1n) is 10.5. The minimum atomic E-state index is -0.534. The number of hydroxylamine groups is 2. The third kappa shape index (κ3) is 2.26. The summed E-state index contributed by atoms with van der Waals surface area (Å²) in [4.78, 5) is 43.1. The van der Waals surface area contributed by atoms with E-state index in [1.165, 1.54) is 23.1 Å². The van der Waals surface area contributed by atoms with E-state index in [4.69, 9.17) is 9.57 Å². The molecule has 0 bridgehead atoms. The summed E-state index contributed by atoms with van der Waals surface area (Å²) in [5.74, 6) is 0.951. The average molecular weight is 397 g/mol. The summed E-state index contributed by atoms with van der Waals surface area (Å²) in [6.07, 6.45) is 4.15. The molecule has 2 saturated carbocycles. The standard InChI is InChI=1S/C23H27NO5/c1-13(25)29-24-19-11-20(26)22(2)9-8-17-16-6-5-15(28-3)10-14(16)4-7-18(17)23(19,22)12-21(24)27/h5-6,10,17-19H,4,7-9,11-12H2,1-3H3/t17-,18-,19-,22-,23+/m1/s1. The van der Waals surface area contributed by atoms with Gasteiger partial charge in [-0.1, -0.05) is 13.0 Å². The predicted molar refractivity (Wildman–Crippen MR) is 104 cm³/mol. The third-order valence-corrected chi connectivity index (χ3v) is 8.39. The lowest BCUT2D eigenvalue weighted by atomic mass is 9.46. The van der Waals surface area contributed by atoms with Crippen LogP contribution < -0.4 is 4.74 Å². The number of ether oxygens (including phenoxy) is 1.